The van der Waals surface area contributed by atoms with Gasteiger partial charge in [-0.2, -0.15) is 0 Å². The Bertz CT molecular complexity index is 235. The van der Waals surface area contributed by atoms with Crippen LogP contribution in [0.3, 0.4) is 0 Å². The molecule has 2 nitrogen and oxygen atoms in total. The lowest BCUT2D eigenvalue weighted by Crippen LogP contribution is -2.30. The number of esters is 1. The van der Waals surface area contributed by atoms with Crippen LogP contribution in [0.1, 0.15) is 48.0 Å². The molecule has 1 atom stereocenters. The fraction of sp³-hybridized carbons (Fsp3) is 0.909. The molecule has 1 saturated carbocycles. The number of carbonyl (C=O) groups excluding carboxylic acids is 1. The van der Waals surface area contributed by atoms with Crippen molar-refractivity contribution in [3.8, 4) is 0 Å². The smallest absolute Gasteiger partial charge is 0.312 e. The minimum Gasteiger partial charge on any atom is -0.460 e. The van der Waals surface area contributed by atoms with Crippen LogP contribution in [0.25, 0.3) is 0 Å². The van der Waals surface area contributed by atoms with Crippen molar-refractivity contribution in [2.75, 3.05) is 0 Å². The summed E-state index contributed by atoms with van der Waals surface area (Å²) < 4.78 is 5.36. The molecule has 1 unspecified atom stereocenters. The van der Waals surface area contributed by atoms with Crippen LogP contribution in [0.5, 0.6) is 0 Å². The molecule has 0 aliphatic heterocycles. The zero-order chi connectivity index (χ0) is 10.5. The van der Waals surface area contributed by atoms with Crippen molar-refractivity contribution in [3.63, 3.8) is 0 Å². The third-order valence-electron chi connectivity index (χ3n) is 3.01. The zero-order valence-corrected chi connectivity index (χ0v) is 9.52. The summed E-state index contributed by atoms with van der Waals surface area (Å²) in [6.45, 7) is 11.9. The summed E-state index contributed by atoms with van der Waals surface area (Å²) in [6.07, 6.45) is 0.939. The molecule has 0 saturated heterocycles. The number of carbonyl (C=O) groups is 1. The van der Waals surface area contributed by atoms with Crippen molar-refractivity contribution in [3.05, 3.63) is 0 Å². The van der Waals surface area contributed by atoms with Gasteiger partial charge >= 0.3 is 5.97 Å². The van der Waals surface area contributed by atoms with E-state index in [1.54, 1.807) is 0 Å². The van der Waals surface area contributed by atoms with Crippen molar-refractivity contribution in [1.82, 2.24) is 0 Å². The van der Waals surface area contributed by atoms with Crippen molar-refractivity contribution in [2.24, 2.45) is 10.8 Å². The molecule has 0 radical (unpaired) electrons. The van der Waals surface area contributed by atoms with E-state index < -0.39 is 0 Å². The Labute approximate surface area is 80.7 Å². The van der Waals surface area contributed by atoms with Crippen molar-refractivity contribution in [2.45, 2.75) is 53.6 Å². The first-order valence-electron chi connectivity index (χ1n) is 4.82. The monoisotopic (exact) mass is 184 g/mol. The Morgan fingerprint density at radius 1 is 1.23 bits per heavy atom. The minimum atomic E-state index is -0.362. The van der Waals surface area contributed by atoms with E-state index in [-0.39, 0.29) is 22.4 Å². The third-order valence-corrected chi connectivity index (χ3v) is 3.01. The first-order valence-corrected chi connectivity index (χ1v) is 4.82. The van der Waals surface area contributed by atoms with Gasteiger partial charge in [0.1, 0.15) is 5.60 Å². The second-order valence-corrected chi connectivity index (χ2v) is 5.89. The quantitative estimate of drug-likeness (QED) is 0.586. The van der Waals surface area contributed by atoms with Gasteiger partial charge in [0.2, 0.25) is 0 Å². The van der Waals surface area contributed by atoms with E-state index in [9.17, 15) is 4.79 Å². The molecule has 76 valence electrons. The molecule has 13 heavy (non-hydrogen) atoms. The van der Waals surface area contributed by atoms with Gasteiger partial charge in [-0.15, -0.1) is 0 Å². The Kier molecular flexibility index (Phi) is 2.02. The summed E-state index contributed by atoms with van der Waals surface area (Å²) in [7, 11) is 0. The predicted octanol–water partition coefficient (Wildman–Crippen LogP) is 2.76. The molecule has 0 N–H and O–H groups in total. The molecular weight excluding hydrogens is 164 g/mol. The first kappa shape index (κ1) is 10.6. The SMILES string of the molecule is CC(C)(C)OC(=O)C1(C)CC1(C)C. The van der Waals surface area contributed by atoms with E-state index >= 15 is 0 Å². The van der Waals surface area contributed by atoms with Crippen LogP contribution in [-0.4, -0.2) is 11.6 Å². The fourth-order valence-corrected chi connectivity index (χ4v) is 1.58. The van der Waals surface area contributed by atoms with E-state index in [0.29, 0.717) is 0 Å². The first-order chi connectivity index (χ1) is 5.58. The minimum absolute atomic E-state index is 0.0509. The molecule has 0 aromatic rings. The van der Waals surface area contributed by atoms with E-state index in [2.05, 4.69) is 13.8 Å². The highest BCUT2D eigenvalue weighted by atomic mass is 16.6. The average molecular weight is 184 g/mol. The maximum Gasteiger partial charge on any atom is 0.312 e. The number of ether oxygens (including phenoxy) is 1. The normalized spacial score (nSPS) is 31.2. The van der Waals surface area contributed by atoms with Crippen molar-refractivity contribution in [1.29, 1.82) is 0 Å². The second kappa shape index (κ2) is 2.49. The molecule has 0 aromatic carbocycles. The van der Waals surface area contributed by atoms with Crippen LogP contribution in [0.2, 0.25) is 0 Å². The zero-order valence-electron chi connectivity index (χ0n) is 9.52. The second-order valence-electron chi connectivity index (χ2n) is 5.89. The standard InChI is InChI=1S/C11H20O2/c1-9(2,3)13-8(12)11(6)7-10(11,4)5/h7H2,1-6H3. The fourth-order valence-electron chi connectivity index (χ4n) is 1.58. The number of rotatable bonds is 1. The van der Waals surface area contributed by atoms with Gasteiger partial charge in [0.25, 0.3) is 0 Å². The van der Waals surface area contributed by atoms with Gasteiger partial charge in [-0.25, -0.2) is 0 Å². The summed E-state index contributed by atoms with van der Waals surface area (Å²) in [5.74, 6) is -0.0509. The summed E-state index contributed by atoms with van der Waals surface area (Å²) in [5, 5.41) is 0. The molecule has 0 heterocycles. The summed E-state index contributed by atoms with van der Waals surface area (Å²) >= 11 is 0. The van der Waals surface area contributed by atoms with E-state index in [4.69, 9.17) is 4.74 Å². The van der Waals surface area contributed by atoms with Crippen LogP contribution in [-0.2, 0) is 9.53 Å². The summed E-state index contributed by atoms with van der Waals surface area (Å²) in [5.41, 5.74) is -0.492. The van der Waals surface area contributed by atoms with E-state index in [0.717, 1.165) is 6.42 Å². The largest absolute Gasteiger partial charge is 0.460 e. The molecule has 2 heteroatoms. The Morgan fingerprint density at radius 3 is 1.85 bits per heavy atom. The van der Waals surface area contributed by atoms with E-state index in [1.807, 2.05) is 27.7 Å². The Morgan fingerprint density at radius 2 is 1.62 bits per heavy atom. The lowest BCUT2D eigenvalue weighted by Gasteiger charge is -2.23. The van der Waals surface area contributed by atoms with Crippen LogP contribution < -0.4 is 0 Å². The summed E-state index contributed by atoms with van der Waals surface area (Å²) in [6, 6.07) is 0. The van der Waals surface area contributed by atoms with Gasteiger partial charge in [-0.05, 0) is 39.5 Å². The maximum atomic E-state index is 11.7. The Balaban J connectivity index is 2.62. The Hall–Kier alpha value is -0.530. The summed E-state index contributed by atoms with van der Waals surface area (Å²) in [4.78, 5) is 11.7. The van der Waals surface area contributed by atoms with Gasteiger partial charge in [0, 0.05) is 0 Å². The lowest BCUT2D eigenvalue weighted by molar-refractivity contribution is -0.162. The molecule has 0 spiro atoms. The third kappa shape index (κ3) is 1.87. The van der Waals surface area contributed by atoms with Crippen LogP contribution in [0, 0.1) is 10.8 Å². The van der Waals surface area contributed by atoms with Gasteiger partial charge in [0.05, 0.1) is 5.41 Å². The molecule has 0 aromatic heterocycles. The topological polar surface area (TPSA) is 26.3 Å². The highest BCUT2D eigenvalue weighted by molar-refractivity contribution is 5.81. The van der Waals surface area contributed by atoms with Crippen LogP contribution in [0.4, 0.5) is 0 Å². The average Bonchev–Trinajstić information content (AvgIpc) is 2.29. The molecular formula is C11H20O2. The highest BCUT2D eigenvalue weighted by Gasteiger charge is 2.64. The van der Waals surface area contributed by atoms with Gasteiger partial charge in [-0.1, -0.05) is 13.8 Å². The van der Waals surface area contributed by atoms with Gasteiger partial charge in [-0.3, -0.25) is 4.79 Å². The van der Waals surface area contributed by atoms with E-state index in [1.165, 1.54) is 0 Å². The molecule has 1 fully saturated rings. The molecule has 0 amide bonds. The van der Waals surface area contributed by atoms with Crippen molar-refractivity contribution >= 4 is 5.97 Å². The predicted molar refractivity (Wildman–Crippen MR) is 52.4 cm³/mol. The highest BCUT2D eigenvalue weighted by Crippen LogP contribution is 2.63. The molecule has 1 aliphatic carbocycles. The van der Waals surface area contributed by atoms with Crippen LogP contribution in [0.15, 0.2) is 0 Å². The number of hydrogen-bond acceptors (Lipinski definition) is 2. The number of hydrogen-bond donors (Lipinski definition) is 0. The molecule has 1 rings (SSSR count). The van der Waals surface area contributed by atoms with Crippen molar-refractivity contribution < 1.29 is 9.53 Å². The molecule has 1 aliphatic rings. The van der Waals surface area contributed by atoms with Gasteiger partial charge < -0.3 is 4.74 Å². The lowest BCUT2D eigenvalue weighted by atomic mass is 9.98. The maximum absolute atomic E-state index is 11.7. The van der Waals surface area contributed by atoms with Crippen LogP contribution >= 0.6 is 0 Å². The van der Waals surface area contributed by atoms with Gasteiger partial charge in [0.15, 0.2) is 0 Å². The molecule has 0 bridgehead atoms.